The minimum absolute atomic E-state index is 0.0540. The van der Waals surface area contributed by atoms with Crippen LogP contribution in [-0.4, -0.2) is 59.3 Å². The molecule has 2 unspecified atom stereocenters. The summed E-state index contributed by atoms with van der Waals surface area (Å²) in [5.74, 6) is -0.875. The lowest BCUT2D eigenvalue weighted by Gasteiger charge is -2.49. The van der Waals surface area contributed by atoms with E-state index in [-0.39, 0.29) is 11.8 Å². The Bertz CT molecular complexity index is 886. The highest BCUT2D eigenvalue weighted by Crippen LogP contribution is 2.34. The van der Waals surface area contributed by atoms with Gasteiger partial charge in [0.1, 0.15) is 12.1 Å². The Morgan fingerprint density at radius 1 is 1.19 bits per heavy atom. The van der Waals surface area contributed by atoms with Crippen LogP contribution in [0.2, 0.25) is 0 Å². The molecule has 3 fully saturated rings. The lowest BCUT2D eigenvalue weighted by Crippen LogP contribution is -2.69. The average Bonchev–Trinajstić information content (AvgIpc) is 3.09. The van der Waals surface area contributed by atoms with Gasteiger partial charge in [-0.2, -0.15) is 0 Å². The van der Waals surface area contributed by atoms with Gasteiger partial charge in [0.05, 0.1) is 19.8 Å². The number of nitrogens with one attached hydrogen (secondary N) is 2. The molecule has 1 aromatic heterocycles. The maximum absolute atomic E-state index is 13.2. The van der Waals surface area contributed by atoms with Gasteiger partial charge in [0.15, 0.2) is 5.79 Å². The lowest BCUT2D eigenvalue weighted by atomic mass is 9.91. The number of piperazine rings is 1. The number of aromatic nitrogens is 1. The number of aromatic amines is 1. The second-order valence-corrected chi connectivity index (χ2v) is 7.61. The molecule has 4 heterocycles. The van der Waals surface area contributed by atoms with Gasteiger partial charge < -0.3 is 24.7 Å². The molecule has 1 spiro atoms. The van der Waals surface area contributed by atoms with Crippen molar-refractivity contribution in [1.29, 1.82) is 0 Å². The first-order valence-electron chi connectivity index (χ1n) is 9.59. The number of nitrogens with zero attached hydrogens (tertiary/aromatic N) is 1. The number of hydrogen-bond acceptors (Lipinski definition) is 4. The summed E-state index contributed by atoms with van der Waals surface area (Å²) in [6.45, 7) is 1.60. The molecule has 7 heteroatoms. The maximum Gasteiger partial charge on any atom is 0.246 e. The van der Waals surface area contributed by atoms with Gasteiger partial charge in [-0.25, -0.2) is 0 Å². The van der Waals surface area contributed by atoms with Crippen molar-refractivity contribution < 1.29 is 19.1 Å². The third kappa shape index (κ3) is 2.82. The van der Waals surface area contributed by atoms with Crippen molar-refractivity contribution >= 4 is 22.7 Å². The molecule has 5 rings (SSSR count). The molecule has 2 amide bonds. The summed E-state index contributed by atoms with van der Waals surface area (Å²) >= 11 is 0. The predicted molar refractivity (Wildman–Crippen MR) is 97.9 cm³/mol. The molecular formula is C20H23N3O4. The number of benzene rings is 1. The zero-order chi connectivity index (χ0) is 18.4. The Balaban J connectivity index is 1.39. The zero-order valence-corrected chi connectivity index (χ0v) is 15.1. The van der Waals surface area contributed by atoms with Crippen LogP contribution in [0, 0.1) is 0 Å². The summed E-state index contributed by atoms with van der Waals surface area (Å²) in [6.07, 6.45) is 4.45. The molecule has 1 aromatic carbocycles. The first-order chi connectivity index (χ1) is 13.2. The summed E-state index contributed by atoms with van der Waals surface area (Å²) in [5.41, 5.74) is 2.06. The van der Waals surface area contributed by atoms with Gasteiger partial charge in [-0.15, -0.1) is 0 Å². The summed E-state index contributed by atoms with van der Waals surface area (Å²) < 4.78 is 11.8. The highest BCUT2D eigenvalue weighted by Gasteiger charge is 2.50. The van der Waals surface area contributed by atoms with E-state index in [0.717, 1.165) is 22.9 Å². The summed E-state index contributed by atoms with van der Waals surface area (Å²) in [7, 11) is 0. The Morgan fingerprint density at radius 3 is 2.85 bits per heavy atom. The van der Waals surface area contributed by atoms with Gasteiger partial charge >= 0.3 is 0 Å². The van der Waals surface area contributed by atoms with Crippen LogP contribution in [0.5, 0.6) is 0 Å². The van der Waals surface area contributed by atoms with Crippen molar-refractivity contribution in [2.45, 2.75) is 43.6 Å². The smallest absolute Gasteiger partial charge is 0.246 e. The first-order valence-corrected chi connectivity index (χ1v) is 9.59. The van der Waals surface area contributed by atoms with Crippen LogP contribution in [0.3, 0.4) is 0 Å². The highest BCUT2D eigenvalue weighted by atomic mass is 16.7. The quantitative estimate of drug-likeness (QED) is 0.837. The Kier molecular flexibility index (Phi) is 3.94. The van der Waals surface area contributed by atoms with Crippen molar-refractivity contribution in [3.05, 3.63) is 36.0 Å². The molecule has 2 aromatic rings. The summed E-state index contributed by atoms with van der Waals surface area (Å²) in [4.78, 5) is 30.7. The molecule has 0 saturated carbocycles. The third-order valence-electron chi connectivity index (χ3n) is 5.90. The van der Waals surface area contributed by atoms with Crippen LogP contribution < -0.4 is 5.32 Å². The molecule has 27 heavy (non-hydrogen) atoms. The van der Waals surface area contributed by atoms with Gasteiger partial charge in [-0.1, -0.05) is 18.2 Å². The highest BCUT2D eigenvalue weighted by molar-refractivity contribution is 5.97. The lowest BCUT2D eigenvalue weighted by molar-refractivity contribution is -0.288. The second kappa shape index (κ2) is 6.35. The van der Waals surface area contributed by atoms with Gasteiger partial charge in [0.2, 0.25) is 11.8 Å². The molecule has 2 atom stereocenters. The molecule has 3 aliphatic heterocycles. The topological polar surface area (TPSA) is 83.7 Å². The van der Waals surface area contributed by atoms with Crippen LogP contribution in [0.4, 0.5) is 0 Å². The molecular weight excluding hydrogens is 346 g/mol. The van der Waals surface area contributed by atoms with E-state index in [1.807, 2.05) is 30.5 Å². The molecule has 2 N–H and O–H groups in total. The second-order valence-electron chi connectivity index (χ2n) is 7.61. The number of hydrogen-bond donors (Lipinski definition) is 2. The van der Waals surface area contributed by atoms with Crippen molar-refractivity contribution in [3.8, 4) is 0 Å². The number of rotatable bonds is 2. The number of para-hydroxylation sites is 1. The fourth-order valence-electron chi connectivity index (χ4n) is 4.51. The normalized spacial score (nSPS) is 27.6. The third-order valence-corrected chi connectivity index (χ3v) is 5.90. The van der Waals surface area contributed by atoms with Crippen molar-refractivity contribution in [2.75, 3.05) is 19.8 Å². The minimum atomic E-state index is -0.743. The largest absolute Gasteiger partial charge is 0.361 e. The van der Waals surface area contributed by atoms with Crippen molar-refractivity contribution in [2.24, 2.45) is 0 Å². The number of carbonyl (C=O) groups is 2. The van der Waals surface area contributed by atoms with E-state index in [4.69, 9.17) is 9.47 Å². The molecule has 7 nitrogen and oxygen atoms in total. The fraction of sp³-hybridized carbons (Fsp3) is 0.500. The molecule has 0 radical (unpaired) electrons. The average molecular weight is 369 g/mol. The monoisotopic (exact) mass is 369 g/mol. The molecule has 142 valence electrons. The van der Waals surface area contributed by atoms with Crippen LogP contribution in [0.25, 0.3) is 10.9 Å². The fourth-order valence-corrected chi connectivity index (χ4v) is 4.51. The van der Waals surface area contributed by atoms with E-state index in [0.29, 0.717) is 39.0 Å². The standard InChI is InChI=1S/C20H23N3O4/c24-18-17-6-7-20(26-8-3-9-27-20)12-23(17)19(25)16(22-18)10-13-11-21-15-5-2-1-4-14(13)15/h1-2,4-5,11,16-17,21H,3,6-10,12H2,(H,22,24). The number of carbonyl (C=O) groups excluding carboxylic acids is 2. The molecule has 3 saturated heterocycles. The van der Waals surface area contributed by atoms with Gasteiger partial charge in [0, 0.05) is 29.9 Å². The Morgan fingerprint density at radius 2 is 2.00 bits per heavy atom. The number of amides is 2. The Labute approximate surface area is 157 Å². The minimum Gasteiger partial charge on any atom is -0.361 e. The van der Waals surface area contributed by atoms with E-state index >= 15 is 0 Å². The van der Waals surface area contributed by atoms with E-state index in [1.54, 1.807) is 4.90 Å². The first kappa shape index (κ1) is 16.8. The van der Waals surface area contributed by atoms with Crippen LogP contribution in [0.15, 0.2) is 30.5 Å². The zero-order valence-electron chi connectivity index (χ0n) is 15.1. The van der Waals surface area contributed by atoms with E-state index in [2.05, 4.69) is 10.3 Å². The van der Waals surface area contributed by atoms with E-state index in [1.165, 1.54) is 0 Å². The number of ether oxygens (including phenoxy) is 2. The molecule has 0 aliphatic carbocycles. The maximum atomic E-state index is 13.2. The number of fused-ring (bicyclic) bond motifs is 2. The van der Waals surface area contributed by atoms with Crippen LogP contribution in [0.1, 0.15) is 24.8 Å². The number of piperidine rings is 1. The van der Waals surface area contributed by atoms with Crippen LogP contribution >= 0.6 is 0 Å². The summed E-state index contributed by atoms with van der Waals surface area (Å²) in [6, 6.07) is 6.99. The SMILES string of the molecule is O=C1NC(Cc2c[nH]c3ccccc23)C(=O)N2CC3(CCC12)OCCCO3. The van der Waals surface area contributed by atoms with E-state index in [9.17, 15) is 9.59 Å². The van der Waals surface area contributed by atoms with Crippen molar-refractivity contribution in [3.63, 3.8) is 0 Å². The van der Waals surface area contributed by atoms with E-state index < -0.39 is 17.9 Å². The Hall–Kier alpha value is -2.38. The van der Waals surface area contributed by atoms with Gasteiger partial charge in [-0.05, 0) is 24.5 Å². The van der Waals surface area contributed by atoms with Gasteiger partial charge in [0.25, 0.3) is 0 Å². The van der Waals surface area contributed by atoms with Gasteiger partial charge in [-0.3, -0.25) is 9.59 Å². The van der Waals surface area contributed by atoms with Crippen LogP contribution in [-0.2, 0) is 25.5 Å². The predicted octanol–water partition coefficient (Wildman–Crippen LogP) is 1.33. The summed E-state index contributed by atoms with van der Waals surface area (Å²) in [5, 5.41) is 4.01. The molecule has 0 bridgehead atoms. The van der Waals surface area contributed by atoms with Crippen molar-refractivity contribution in [1.82, 2.24) is 15.2 Å². The number of H-pyrrole nitrogens is 1. The molecule has 3 aliphatic rings.